The third-order valence-electron chi connectivity index (χ3n) is 2.62. The van der Waals surface area contributed by atoms with Crippen molar-refractivity contribution in [3.63, 3.8) is 0 Å². The van der Waals surface area contributed by atoms with Gasteiger partial charge in [-0.3, -0.25) is 4.79 Å². The Labute approximate surface area is 105 Å². The Morgan fingerprint density at radius 1 is 1.24 bits per heavy atom. The summed E-state index contributed by atoms with van der Waals surface area (Å²) in [6.45, 7) is 3.14. The summed E-state index contributed by atoms with van der Waals surface area (Å²) in [5.74, 6) is -0.902. The lowest BCUT2D eigenvalue weighted by molar-refractivity contribution is -0.870. The number of nitrogens with one attached hydrogen (secondary N) is 1. The minimum Gasteiger partial charge on any atom is -0.480 e. The number of hydrogen-bond acceptors (Lipinski definition) is 3. The number of hydrogen-bond donors (Lipinski definition) is 3. The fourth-order valence-corrected chi connectivity index (χ4v) is 1.54. The molecule has 0 fully saturated rings. The van der Waals surface area contributed by atoms with E-state index in [4.69, 9.17) is 10.8 Å². The molecule has 0 aromatic carbocycles. The fraction of sp³-hybridized carbons (Fsp3) is 0.917. The third-order valence-corrected chi connectivity index (χ3v) is 2.62. The van der Waals surface area contributed by atoms with Crippen LogP contribution in [0, 0.1) is 0 Å². The van der Waals surface area contributed by atoms with Crippen LogP contribution in [-0.2, 0) is 4.79 Å². The zero-order chi connectivity index (χ0) is 13.3. The molecule has 4 N–H and O–H groups in total. The molecule has 0 bridgehead atoms. The van der Waals surface area contributed by atoms with Crippen molar-refractivity contribution in [3.8, 4) is 0 Å². The van der Waals surface area contributed by atoms with Crippen LogP contribution in [-0.4, -0.2) is 62.4 Å². The number of carboxylic acid groups (broad SMARTS) is 1. The second-order valence-electron chi connectivity index (χ2n) is 5.56. The van der Waals surface area contributed by atoms with E-state index in [1.165, 1.54) is 0 Å². The molecule has 5 nitrogen and oxygen atoms in total. The van der Waals surface area contributed by atoms with Gasteiger partial charge in [0.2, 0.25) is 0 Å². The second-order valence-corrected chi connectivity index (χ2v) is 5.56. The van der Waals surface area contributed by atoms with Crippen LogP contribution in [0.5, 0.6) is 0 Å². The van der Waals surface area contributed by atoms with E-state index in [9.17, 15) is 4.79 Å². The molecule has 1 unspecified atom stereocenters. The monoisotopic (exact) mass is 246 g/mol. The van der Waals surface area contributed by atoms with Gasteiger partial charge in [-0.1, -0.05) is 6.42 Å². The molecule has 0 heterocycles. The molecular weight excluding hydrogens is 218 g/mol. The second kappa shape index (κ2) is 8.44. The van der Waals surface area contributed by atoms with E-state index < -0.39 is 12.0 Å². The van der Waals surface area contributed by atoms with Crippen LogP contribution < -0.4 is 11.1 Å². The highest BCUT2D eigenvalue weighted by molar-refractivity contribution is 5.72. The molecule has 1 atom stereocenters. The molecule has 102 valence electrons. The van der Waals surface area contributed by atoms with E-state index in [-0.39, 0.29) is 0 Å². The predicted octanol–water partition coefficient (Wildman–Crippen LogP) is 0.255. The maximum atomic E-state index is 10.5. The van der Waals surface area contributed by atoms with Crippen molar-refractivity contribution >= 4 is 5.97 Å². The molecular formula is C12H28N3O2+. The molecule has 0 aromatic rings. The van der Waals surface area contributed by atoms with Gasteiger partial charge in [0.1, 0.15) is 6.04 Å². The van der Waals surface area contributed by atoms with Gasteiger partial charge in [0, 0.05) is 13.0 Å². The topological polar surface area (TPSA) is 75.3 Å². The summed E-state index contributed by atoms with van der Waals surface area (Å²) in [4.78, 5) is 10.5. The number of aliphatic carboxylic acids is 1. The van der Waals surface area contributed by atoms with Crippen molar-refractivity contribution in [1.82, 2.24) is 5.32 Å². The van der Waals surface area contributed by atoms with Gasteiger partial charge in [-0.15, -0.1) is 0 Å². The summed E-state index contributed by atoms with van der Waals surface area (Å²) in [6.07, 6.45) is 3.59. The number of nitrogens with two attached hydrogens (primary N) is 1. The van der Waals surface area contributed by atoms with Gasteiger partial charge in [-0.25, -0.2) is 0 Å². The van der Waals surface area contributed by atoms with Crippen molar-refractivity contribution in [3.05, 3.63) is 0 Å². The maximum Gasteiger partial charge on any atom is 0.320 e. The van der Waals surface area contributed by atoms with E-state index in [0.29, 0.717) is 6.42 Å². The van der Waals surface area contributed by atoms with Gasteiger partial charge in [0.25, 0.3) is 0 Å². The average Bonchev–Trinajstić information content (AvgIpc) is 2.19. The quantitative estimate of drug-likeness (QED) is 0.382. The molecule has 0 aliphatic rings. The summed E-state index contributed by atoms with van der Waals surface area (Å²) < 4.78 is 0.995. The number of carboxylic acids is 1. The van der Waals surface area contributed by atoms with E-state index in [1.54, 1.807) is 0 Å². The molecule has 17 heavy (non-hydrogen) atoms. The Morgan fingerprint density at radius 2 is 1.82 bits per heavy atom. The lowest BCUT2D eigenvalue weighted by atomic mass is 10.1. The van der Waals surface area contributed by atoms with Crippen molar-refractivity contribution in [2.75, 3.05) is 40.8 Å². The standard InChI is InChI=1S/C12H27N3O2/c1-15(2,3)10-6-9-14-8-5-4-7-11(13)12(16)17/h11,14H,4-10,13H2,1-3H3/p+1. The van der Waals surface area contributed by atoms with Crippen LogP contribution in [0.1, 0.15) is 25.7 Å². The Morgan fingerprint density at radius 3 is 2.35 bits per heavy atom. The molecule has 0 aromatic heterocycles. The molecule has 0 aliphatic carbocycles. The first-order chi connectivity index (χ1) is 7.83. The Balaban J connectivity index is 3.22. The largest absolute Gasteiger partial charge is 0.480 e. The smallest absolute Gasteiger partial charge is 0.320 e. The van der Waals surface area contributed by atoms with Crippen molar-refractivity contribution in [2.45, 2.75) is 31.7 Å². The van der Waals surface area contributed by atoms with Crippen LogP contribution in [0.2, 0.25) is 0 Å². The first-order valence-electron chi connectivity index (χ1n) is 6.32. The lowest BCUT2D eigenvalue weighted by Crippen LogP contribution is -2.36. The van der Waals surface area contributed by atoms with E-state index >= 15 is 0 Å². The highest BCUT2D eigenvalue weighted by atomic mass is 16.4. The van der Waals surface area contributed by atoms with Gasteiger partial charge in [-0.05, 0) is 19.4 Å². The Kier molecular flexibility index (Phi) is 8.12. The van der Waals surface area contributed by atoms with Crippen LogP contribution in [0.25, 0.3) is 0 Å². The SMILES string of the molecule is C[N+](C)(C)CCCNCCCCC(N)C(=O)O. The highest BCUT2D eigenvalue weighted by Crippen LogP contribution is 1.98. The maximum absolute atomic E-state index is 10.5. The number of nitrogens with zero attached hydrogens (tertiary/aromatic N) is 1. The van der Waals surface area contributed by atoms with Crippen LogP contribution in [0.3, 0.4) is 0 Å². The fourth-order valence-electron chi connectivity index (χ4n) is 1.54. The van der Waals surface area contributed by atoms with Crippen molar-refractivity contribution < 1.29 is 14.4 Å². The van der Waals surface area contributed by atoms with Gasteiger partial charge in [0.05, 0.1) is 27.7 Å². The molecule has 0 aliphatic heterocycles. The highest BCUT2D eigenvalue weighted by Gasteiger charge is 2.09. The predicted molar refractivity (Wildman–Crippen MR) is 69.8 cm³/mol. The van der Waals surface area contributed by atoms with Crippen molar-refractivity contribution in [2.24, 2.45) is 5.73 Å². The van der Waals surface area contributed by atoms with Gasteiger partial charge < -0.3 is 20.6 Å². The number of unbranched alkanes of at least 4 members (excludes halogenated alkanes) is 1. The normalized spacial score (nSPS) is 13.6. The molecule has 5 heteroatoms. The molecule has 0 amide bonds. The number of carbonyl (C=O) groups is 1. The summed E-state index contributed by atoms with van der Waals surface area (Å²) in [5.41, 5.74) is 5.40. The van der Waals surface area contributed by atoms with E-state index in [0.717, 1.165) is 43.4 Å². The number of quaternary nitrogens is 1. The minimum atomic E-state index is -0.902. The zero-order valence-corrected chi connectivity index (χ0v) is 11.4. The van der Waals surface area contributed by atoms with Gasteiger partial charge in [0.15, 0.2) is 0 Å². The Hall–Kier alpha value is -0.650. The molecule has 0 radical (unpaired) electrons. The average molecular weight is 246 g/mol. The summed E-state index contributed by atoms with van der Waals surface area (Å²) in [7, 11) is 6.56. The summed E-state index contributed by atoms with van der Waals surface area (Å²) in [6, 6.07) is -0.701. The molecule has 0 spiro atoms. The van der Waals surface area contributed by atoms with Crippen LogP contribution >= 0.6 is 0 Å². The first kappa shape index (κ1) is 16.4. The zero-order valence-electron chi connectivity index (χ0n) is 11.4. The lowest BCUT2D eigenvalue weighted by Gasteiger charge is -2.23. The van der Waals surface area contributed by atoms with E-state index in [1.807, 2.05) is 0 Å². The van der Waals surface area contributed by atoms with Gasteiger partial charge >= 0.3 is 5.97 Å². The third kappa shape index (κ3) is 11.6. The molecule has 0 saturated heterocycles. The van der Waals surface area contributed by atoms with E-state index in [2.05, 4.69) is 26.5 Å². The summed E-state index contributed by atoms with van der Waals surface area (Å²) >= 11 is 0. The van der Waals surface area contributed by atoms with Crippen molar-refractivity contribution in [1.29, 1.82) is 0 Å². The molecule has 0 rings (SSSR count). The number of rotatable bonds is 10. The summed E-state index contributed by atoms with van der Waals surface area (Å²) in [5, 5.41) is 12.0. The minimum absolute atomic E-state index is 0.565. The Bertz CT molecular complexity index is 214. The molecule has 0 saturated carbocycles. The van der Waals surface area contributed by atoms with Crippen LogP contribution in [0.15, 0.2) is 0 Å². The first-order valence-corrected chi connectivity index (χ1v) is 6.32. The van der Waals surface area contributed by atoms with Crippen LogP contribution in [0.4, 0.5) is 0 Å². The van der Waals surface area contributed by atoms with Gasteiger partial charge in [-0.2, -0.15) is 0 Å².